The third-order valence-electron chi connectivity index (χ3n) is 2.44. The maximum Gasteiger partial charge on any atom is 0.127 e. The highest BCUT2D eigenvalue weighted by Crippen LogP contribution is 2.09. The van der Waals surface area contributed by atoms with Crippen molar-refractivity contribution in [1.29, 1.82) is 0 Å². The molecule has 0 amide bonds. The van der Waals surface area contributed by atoms with Gasteiger partial charge >= 0.3 is 0 Å². The number of hydrogen-bond acceptors (Lipinski definition) is 5. The molecule has 0 aliphatic carbocycles. The molecule has 0 spiro atoms. The van der Waals surface area contributed by atoms with Crippen LogP contribution in [0.4, 0.5) is 0 Å². The van der Waals surface area contributed by atoms with Gasteiger partial charge in [0.25, 0.3) is 0 Å². The summed E-state index contributed by atoms with van der Waals surface area (Å²) in [5.41, 5.74) is 11.6. The number of hydroxylamine groups is 2. The highest BCUT2D eigenvalue weighted by atomic mass is 16.7. The summed E-state index contributed by atoms with van der Waals surface area (Å²) in [7, 11) is 1.68. The Bertz CT molecular complexity index is 292. The van der Waals surface area contributed by atoms with Crippen molar-refractivity contribution in [2.75, 3.05) is 33.3 Å². The fourth-order valence-corrected chi connectivity index (χ4v) is 1.54. The Hall–Kier alpha value is -1.53. The summed E-state index contributed by atoms with van der Waals surface area (Å²) in [6.07, 6.45) is 2.88. The molecule has 1 saturated heterocycles. The van der Waals surface area contributed by atoms with E-state index in [1.165, 1.54) is 6.34 Å². The van der Waals surface area contributed by atoms with Crippen LogP contribution in [0.5, 0.6) is 0 Å². The average Bonchev–Trinajstić information content (AvgIpc) is 2.29. The minimum atomic E-state index is 0.363. The zero-order valence-electron chi connectivity index (χ0n) is 9.59. The summed E-state index contributed by atoms with van der Waals surface area (Å²) in [4.78, 5) is 11.0. The van der Waals surface area contributed by atoms with Crippen molar-refractivity contribution in [3.8, 4) is 0 Å². The van der Waals surface area contributed by atoms with Crippen molar-refractivity contribution < 1.29 is 4.84 Å². The first-order valence-corrected chi connectivity index (χ1v) is 5.11. The minimum Gasteiger partial charge on any atom is -0.390 e. The Labute approximate surface area is 95.8 Å². The van der Waals surface area contributed by atoms with Crippen LogP contribution >= 0.6 is 0 Å². The molecule has 0 radical (unpaired) electrons. The van der Waals surface area contributed by atoms with Gasteiger partial charge in [-0.05, 0) is 0 Å². The van der Waals surface area contributed by atoms with Crippen molar-refractivity contribution in [3.05, 3.63) is 24.2 Å². The molecular formula is C10H19N5O. The molecule has 1 aliphatic rings. The van der Waals surface area contributed by atoms with Crippen molar-refractivity contribution >= 4 is 6.34 Å². The summed E-state index contributed by atoms with van der Waals surface area (Å²) in [6.45, 7) is 7.38. The molecule has 6 nitrogen and oxygen atoms in total. The lowest BCUT2D eigenvalue weighted by Crippen LogP contribution is -2.44. The van der Waals surface area contributed by atoms with E-state index in [4.69, 9.17) is 16.3 Å². The summed E-state index contributed by atoms with van der Waals surface area (Å²) in [5.74, 6) is 0.363. The number of nitrogens with two attached hydrogens (primary N) is 2. The first kappa shape index (κ1) is 12.5. The van der Waals surface area contributed by atoms with Gasteiger partial charge in [0.1, 0.15) is 5.82 Å². The average molecular weight is 225 g/mol. The zero-order chi connectivity index (χ0) is 12.0. The van der Waals surface area contributed by atoms with E-state index in [2.05, 4.69) is 16.5 Å². The van der Waals surface area contributed by atoms with E-state index in [-0.39, 0.29) is 0 Å². The minimum absolute atomic E-state index is 0.363. The molecule has 0 bridgehead atoms. The largest absolute Gasteiger partial charge is 0.390 e. The Morgan fingerprint density at radius 3 is 2.50 bits per heavy atom. The lowest BCUT2D eigenvalue weighted by molar-refractivity contribution is -0.148. The second-order valence-electron chi connectivity index (χ2n) is 3.44. The van der Waals surface area contributed by atoms with Crippen molar-refractivity contribution in [3.63, 3.8) is 0 Å². The standard InChI is InChI=1S/C10H19N5O/c1-9(7-10(12)13-8-11)14-3-5-15(16-2)6-4-14/h7-8H,1,3-6,12H2,2H3,(H2,11,13)/b10-7-. The summed E-state index contributed by atoms with van der Waals surface area (Å²) in [6, 6.07) is 0. The maximum absolute atomic E-state index is 5.61. The Balaban J connectivity index is 2.47. The van der Waals surface area contributed by atoms with Gasteiger partial charge in [-0.2, -0.15) is 5.06 Å². The van der Waals surface area contributed by atoms with Crippen LogP contribution in [0.2, 0.25) is 0 Å². The lowest BCUT2D eigenvalue weighted by atomic mass is 10.3. The highest BCUT2D eigenvalue weighted by molar-refractivity contribution is 5.53. The molecule has 90 valence electrons. The van der Waals surface area contributed by atoms with Crippen molar-refractivity contribution in [1.82, 2.24) is 9.96 Å². The Morgan fingerprint density at radius 2 is 2.00 bits per heavy atom. The predicted octanol–water partition coefficient (Wildman–Crippen LogP) is -0.534. The summed E-state index contributed by atoms with van der Waals surface area (Å²) in [5, 5.41) is 1.91. The van der Waals surface area contributed by atoms with Gasteiger partial charge in [0.2, 0.25) is 0 Å². The van der Waals surface area contributed by atoms with E-state index in [0.717, 1.165) is 31.9 Å². The highest BCUT2D eigenvalue weighted by Gasteiger charge is 2.16. The molecule has 6 heteroatoms. The van der Waals surface area contributed by atoms with Crippen LogP contribution in [0.1, 0.15) is 0 Å². The third-order valence-corrected chi connectivity index (χ3v) is 2.44. The number of piperazine rings is 1. The van der Waals surface area contributed by atoms with E-state index in [0.29, 0.717) is 5.82 Å². The van der Waals surface area contributed by atoms with Crippen LogP contribution in [0.25, 0.3) is 0 Å². The number of allylic oxidation sites excluding steroid dienone is 1. The van der Waals surface area contributed by atoms with E-state index in [1.807, 2.05) is 5.06 Å². The molecule has 0 saturated carbocycles. The van der Waals surface area contributed by atoms with Gasteiger partial charge in [-0.3, -0.25) is 0 Å². The zero-order valence-corrected chi connectivity index (χ0v) is 9.59. The number of aliphatic imine (C=N–C) groups is 1. The van der Waals surface area contributed by atoms with E-state index < -0.39 is 0 Å². The third kappa shape index (κ3) is 3.56. The van der Waals surface area contributed by atoms with Gasteiger partial charge in [-0.25, -0.2) is 4.99 Å². The van der Waals surface area contributed by atoms with E-state index in [9.17, 15) is 0 Å². The number of rotatable bonds is 4. The normalized spacial score (nSPS) is 19.3. The van der Waals surface area contributed by atoms with Crippen LogP contribution in [-0.2, 0) is 4.84 Å². The van der Waals surface area contributed by atoms with Gasteiger partial charge < -0.3 is 21.2 Å². The van der Waals surface area contributed by atoms with Crippen LogP contribution in [-0.4, -0.2) is 49.6 Å². The predicted molar refractivity (Wildman–Crippen MR) is 64.2 cm³/mol. The molecule has 0 atom stereocenters. The lowest BCUT2D eigenvalue weighted by Gasteiger charge is -2.34. The molecule has 0 unspecified atom stereocenters. The van der Waals surface area contributed by atoms with Crippen molar-refractivity contribution in [2.24, 2.45) is 16.5 Å². The summed E-state index contributed by atoms with van der Waals surface area (Å²) >= 11 is 0. The smallest absolute Gasteiger partial charge is 0.127 e. The van der Waals surface area contributed by atoms with Crippen LogP contribution in [0, 0.1) is 0 Å². The molecule has 1 heterocycles. The molecule has 4 N–H and O–H groups in total. The molecular weight excluding hydrogens is 206 g/mol. The topological polar surface area (TPSA) is 80.1 Å². The fraction of sp³-hybridized carbons (Fsp3) is 0.500. The monoisotopic (exact) mass is 225 g/mol. The first-order chi connectivity index (χ1) is 7.67. The molecule has 1 aliphatic heterocycles. The molecule has 0 aromatic rings. The molecule has 1 fully saturated rings. The maximum atomic E-state index is 5.61. The Kier molecular flexibility index (Phi) is 4.81. The summed E-state index contributed by atoms with van der Waals surface area (Å²) < 4.78 is 0. The molecule has 1 rings (SSSR count). The van der Waals surface area contributed by atoms with Crippen molar-refractivity contribution in [2.45, 2.75) is 0 Å². The first-order valence-electron chi connectivity index (χ1n) is 5.11. The number of hydrogen-bond donors (Lipinski definition) is 2. The van der Waals surface area contributed by atoms with Gasteiger partial charge in [-0.1, -0.05) is 6.58 Å². The van der Waals surface area contributed by atoms with Crippen LogP contribution in [0.3, 0.4) is 0 Å². The SMILES string of the molecule is C=C(/C=C(/N)N=CN)N1CCN(OC)CC1. The van der Waals surface area contributed by atoms with Gasteiger partial charge in [0.05, 0.1) is 13.4 Å². The molecule has 0 aromatic heterocycles. The van der Waals surface area contributed by atoms with Gasteiger partial charge in [0.15, 0.2) is 0 Å². The van der Waals surface area contributed by atoms with Gasteiger partial charge in [-0.15, -0.1) is 0 Å². The van der Waals surface area contributed by atoms with Crippen LogP contribution in [0.15, 0.2) is 29.2 Å². The number of nitrogens with zero attached hydrogens (tertiary/aromatic N) is 3. The molecule has 0 aromatic carbocycles. The second-order valence-corrected chi connectivity index (χ2v) is 3.44. The Morgan fingerprint density at radius 1 is 1.38 bits per heavy atom. The van der Waals surface area contributed by atoms with Crippen LogP contribution < -0.4 is 11.5 Å². The second kappa shape index (κ2) is 6.14. The van der Waals surface area contributed by atoms with E-state index in [1.54, 1.807) is 13.2 Å². The van der Waals surface area contributed by atoms with E-state index >= 15 is 0 Å². The quantitative estimate of drug-likeness (QED) is 0.382. The fourth-order valence-electron chi connectivity index (χ4n) is 1.54. The van der Waals surface area contributed by atoms with Gasteiger partial charge in [0, 0.05) is 38.0 Å². The molecule has 16 heavy (non-hydrogen) atoms.